The van der Waals surface area contributed by atoms with Gasteiger partial charge < -0.3 is 9.84 Å². The van der Waals surface area contributed by atoms with E-state index in [-0.39, 0.29) is 6.10 Å². The first-order chi connectivity index (χ1) is 7.51. The molecular formula is C12H14Cl2O2. The van der Waals surface area contributed by atoms with E-state index in [1.807, 2.05) is 6.92 Å². The summed E-state index contributed by atoms with van der Waals surface area (Å²) in [6.07, 6.45) is 1.14. The average molecular weight is 261 g/mol. The van der Waals surface area contributed by atoms with Crippen LogP contribution < -0.4 is 0 Å². The lowest BCUT2D eigenvalue weighted by Crippen LogP contribution is -2.37. The molecule has 0 spiro atoms. The molecule has 0 aromatic heterocycles. The zero-order chi connectivity index (χ0) is 11.8. The Kier molecular flexibility index (Phi) is 3.45. The fourth-order valence-corrected chi connectivity index (χ4v) is 2.63. The standard InChI is InChI=1S/C12H14Cl2O2/c1-8-7-12(15,4-5-16-8)10-6-9(13)2-3-11(10)14/h2-3,6,8,15H,4-5,7H2,1H3. The lowest BCUT2D eigenvalue weighted by Gasteiger charge is -2.36. The molecule has 1 aromatic carbocycles. The van der Waals surface area contributed by atoms with Crippen LogP contribution in [0.1, 0.15) is 25.3 Å². The molecule has 16 heavy (non-hydrogen) atoms. The smallest absolute Gasteiger partial charge is 0.0957 e. The number of aliphatic hydroxyl groups is 1. The fourth-order valence-electron chi connectivity index (χ4n) is 2.16. The first kappa shape index (κ1) is 12.2. The van der Waals surface area contributed by atoms with E-state index in [4.69, 9.17) is 27.9 Å². The minimum absolute atomic E-state index is 0.0359. The van der Waals surface area contributed by atoms with E-state index in [0.717, 1.165) is 0 Å². The van der Waals surface area contributed by atoms with Crippen LogP contribution >= 0.6 is 23.2 Å². The van der Waals surface area contributed by atoms with Crippen LogP contribution in [0.25, 0.3) is 0 Å². The molecular weight excluding hydrogens is 247 g/mol. The van der Waals surface area contributed by atoms with Gasteiger partial charge in [0.1, 0.15) is 0 Å². The number of rotatable bonds is 1. The van der Waals surface area contributed by atoms with Gasteiger partial charge >= 0.3 is 0 Å². The van der Waals surface area contributed by atoms with Crippen LogP contribution in [-0.2, 0) is 10.3 Å². The Morgan fingerprint density at radius 1 is 1.44 bits per heavy atom. The number of ether oxygens (including phenoxy) is 1. The maximum absolute atomic E-state index is 10.6. The summed E-state index contributed by atoms with van der Waals surface area (Å²) in [6.45, 7) is 2.49. The van der Waals surface area contributed by atoms with Gasteiger partial charge in [0.2, 0.25) is 0 Å². The van der Waals surface area contributed by atoms with E-state index >= 15 is 0 Å². The first-order valence-corrected chi connectivity index (χ1v) is 6.06. The highest BCUT2D eigenvalue weighted by Gasteiger charge is 2.36. The molecule has 1 aromatic rings. The molecule has 0 saturated carbocycles. The summed E-state index contributed by atoms with van der Waals surface area (Å²) >= 11 is 12.0. The summed E-state index contributed by atoms with van der Waals surface area (Å²) in [7, 11) is 0. The molecule has 0 radical (unpaired) electrons. The number of benzene rings is 1. The Morgan fingerprint density at radius 2 is 2.19 bits per heavy atom. The summed E-state index contributed by atoms with van der Waals surface area (Å²) in [4.78, 5) is 0. The van der Waals surface area contributed by atoms with Crippen molar-refractivity contribution in [1.29, 1.82) is 0 Å². The Morgan fingerprint density at radius 3 is 2.88 bits per heavy atom. The van der Waals surface area contributed by atoms with E-state index in [1.165, 1.54) is 0 Å². The highest BCUT2D eigenvalue weighted by atomic mass is 35.5. The van der Waals surface area contributed by atoms with Gasteiger partial charge in [-0.3, -0.25) is 0 Å². The molecule has 1 heterocycles. The number of halogens is 2. The summed E-state index contributed by atoms with van der Waals surface area (Å²) in [5.74, 6) is 0. The minimum atomic E-state index is -0.917. The van der Waals surface area contributed by atoms with Crippen molar-refractivity contribution in [2.24, 2.45) is 0 Å². The van der Waals surface area contributed by atoms with E-state index in [2.05, 4.69) is 0 Å². The molecule has 1 N–H and O–H groups in total. The van der Waals surface area contributed by atoms with Crippen molar-refractivity contribution in [1.82, 2.24) is 0 Å². The van der Waals surface area contributed by atoms with Crippen molar-refractivity contribution in [2.45, 2.75) is 31.5 Å². The van der Waals surface area contributed by atoms with Gasteiger partial charge in [0.25, 0.3) is 0 Å². The molecule has 4 heteroatoms. The van der Waals surface area contributed by atoms with Crippen LogP contribution in [-0.4, -0.2) is 17.8 Å². The quantitative estimate of drug-likeness (QED) is 0.839. The third kappa shape index (κ3) is 2.35. The minimum Gasteiger partial charge on any atom is -0.385 e. The molecule has 0 aliphatic carbocycles. The predicted molar refractivity (Wildman–Crippen MR) is 65.0 cm³/mol. The molecule has 1 aliphatic heterocycles. The van der Waals surface area contributed by atoms with Crippen molar-refractivity contribution in [3.63, 3.8) is 0 Å². The summed E-state index contributed by atoms with van der Waals surface area (Å²) in [5.41, 5.74) is -0.212. The third-order valence-corrected chi connectivity index (χ3v) is 3.54. The normalized spacial score (nSPS) is 30.4. The van der Waals surface area contributed by atoms with E-state index in [9.17, 15) is 5.11 Å². The Labute approximate surface area is 105 Å². The fraction of sp³-hybridized carbons (Fsp3) is 0.500. The SMILES string of the molecule is CC1CC(O)(c2cc(Cl)ccc2Cl)CCO1. The van der Waals surface area contributed by atoms with Gasteiger partial charge in [-0.05, 0) is 25.1 Å². The van der Waals surface area contributed by atoms with Crippen molar-refractivity contribution >= 4 is 23.2 Å². The zero-order valence-corrected chi connectivity index (χ0v) is 10.6. The summed E-state index contributed by atoms with van der Waals surface area (Å²) in [5, 5.41) is 11.7. The van der Waals surface area contributed by atoms with Crippen molar-refractivity contribution in [2.75, 3.05) is 6.61 Å². The monoisotopic (exact) mass is 260 g/mol. The number of hydrogen-bond donors (Lipinski definition) is 1. The molecule has 1 aliphatic rings. The highest BCUT2D eigenvalue weighted by molar-refractivity contribution is 6.33. The maximum atomic E-state index is 10.6. The predicted octanol–water partition coefficient (Wildman–Crippen LogP) is 3.38. The van der Waals surface area contributed by atoms with Crippen molar-refractivity contribution < 1.29 is 9.84 Å². The second kappa shape index (κ2) is 4.53. The molecule has 1 saturated heterocycles. The van der Waals surface area contributed by atoms with Crippen molar-refractivity contribution in [3.8, 4) is 0 Å². The molecule has 2 atom stereocenters. The lowest BCUT2D eigenvalue weighted by atomic mass is 9.84. The van der Waals surface area contributed by atoms with Crippen LogP contribution in [0.5, 0.6) is 0 Å². The lowest BCUT2D eigenvalue weighted by molar-refractivity contribution is -0.101. The Balaban J connectivity index is 2.37. The largest absolute Gasteiger partial charge is 0.385 e. The van der Waals surface area contributed by atoms with Gasteiger partial charge in [0.15, 0.2) is 0 Å². The van der Waals surface area contributed by atoms with Crippen LogP contribution in [0.15, 0.2) is 18.2 Å². The Hall–Kier alpha value is -0.280. The third-order valence-electron chi connectivity index (χ3n) is 2.97. The van der Waals surface area contributed by atoms with Gasteiger partial charge in [-0.1, -0.05) is 23.2 Å². The summed E-state index contributed by atoms with van der Waals surface area (Å²) < 4.78 is 5.43. The van der Waals surface area contributed by atoms with Crippen molar-refractivity contribution in [3.05, 3.63) is 33.8 Å². The van der Waals surface area contributed by atoms with Crippen LogP contribution in [0.3, 0.4) is 0 Å². The molecule has 1 fully saturated rings. The summed E-state index contributed by atoms with van der Waals surface area (Å²) in [6, 6.07) is 5.18. The zero-order valence-electron chi connectivity index (χ0n) is 9.04. The van der Waals surface area contributed by atoms with Gasteiger partial charge in [-0.2, -0.15) is 0 Å². The average Bonchev–Trinajstić information content (AvgIpc) is 2.21. The second-order valence-corrected chi connectivity index (χ2v) is 5.13. The highest BCUT2D eigenvalue weighted by Crippen LogP contribution is 2.39. The Bertz CT molecular complexity index is 395. The van der Waals surface area contributed by atoms with E-state index in [0.29, 0.717) is 35.1 Å². The van der Waals surface area contributed by atoms with Gasteiger partial charge in [-0.25, -0.2) is 0 Å². The van der Waals surface area contributed by atoms with Crippen LogP contribution in [0.2, 0.25) is 10.0 Å². The van der Waals surface area contributed by atoms with E-state index in [1.54, 1.807) is 18.2 Å². The van der Waals surface area contributed by atoms with Crippen LogP contribution in [0, 0.1) is 0 Å². The molecule has 0 bridgehead atoms. The molecule has 88 valence electrons. The van der Waals surface area contributed by atoms with Gasteiger partial charge in [0.05, 0.1) is 18.3 Å². The maximum Gasteiger partial charge on any atom is 0.0957 e. The van der Waals surface area contributed by atoms with Gasteiger partial charge in [0, 0.05) is 28.5 Å². The topological polar surface area (TPSA) is 29.5 Å². The molecule has 0 amide bonds. The van der Waals surface area contributed by atoms with Gasteiger partial charge in [-0.15, -0.1) is 0 Å². The number of hydrogen-bond acceptors (Lipinski definition) is 2. The first-order valence-electron chi connectivity index (χ1n) is 5.31. The van der Waals surface area contributed by atoms with E-state index < -0.39 is 5.60 Å². The molecule has 2 unspecified atom stereocenters. The molecule has 2 nitrogen and oxygen atoms in total. The van der Waals surface area contributed by atoms with Crippen LogP contribution in [0.4, 0.5) is 0 Å². The second-order valence-electron chi connectivity index (χ2n) is 4.29. The molecule has 2 rings (SSSR count).